The lowest BCUT2D eigenvalue weighted by Crippen LogP contribution is -2.48. The zero-order valence-corrected chi connectivity index (χ0v) is 18.5. The van der Waals surface area contributed by atoms with E-state index in [1.807, 2.05) is 37.3 Å². The predicted molar refractivity (Wildman–Crippen MR) is 115 cm³/mol. The highest BCUT2D eigenvalue weighted by Gasteiger charge is 2.29. The maximum atomic E-state index is 12.8. The van der Waals surface area contributed by atoms with E-state index in [2.05, 4.69) is 25.8 Å². The van der Waals surface area contributed by atoms with Gasteiger partial charge in [-0.2, -0.15) is 4.31 Å². The Balaban J connectivity index is 1.40. The fraction of sp³-hybridized carbons (Fsp3) is 0.286. The molecule has 29 heavy (non-hydrogen) atoms. The molecule has 0 radical (unpaired) electrons. The summed E-state index contributed by atoms with van der Waals surface area (Å²) >= 11 is 3.34. The smallest absolute Gasteiger partial charge is 0.243 e. The summed E-state index contributed by atoms with van der Waals surface area (Å²) in [5, 5.41) is 0. The molecule has 0 N–H and O–H groups in total. The first-order valence-corrected chi connectivity index (χ1v) is 11.7. The zero-order valence-electron chi connectivity index (χ0n) is 16.1. The second-order valence-electron chi connectivity index (χ2n) is 7.02. The summed E-state index contributed by atoms with van der Waals surface area (Å²) in [4.78, 5) is 7.20. The van der Waals surface area contributed by atoms with Crippen molar-refractivity contribution in [1.29, 1.82) is 0 Å². The maximum absolute atomic E-state index is 12.8. The van der Waals surface area contributed by atoms with Crippen LogP contribution in [0.3, 0.4) is 0 Å². The first-order chi connectivity index (χ1) is 13.9. The van der Waals surface area contributed by atoms with E-state index in [0.717, 1.165) is 21.5 Å². The van der Waals surface area contributed by atoms with Crippen molar-refractivity contribution in [2.24, 2.45) is 0 Å². The molecule has 0 saturated carbocycles. The van der Waals surface area contributed by atoms with Crippen molar-refractivity contribution < 1.29 is 12.8 Å². The van der Waals surface area contributed by atoms with Gasteiger partial charge in [-0.25, -0.2) is 13.4 Å². The summed E-state index contributed by atoms with van der Waals surface area (Å²) in [5.41, 5.74) is 1.85. The van der Waals surface area contributed by atoms with Crippen LogP contribution in [0.25, 0.3) is 11.5 Å². The van der Waals surface area contributed by atoms with Crippen LogP contribution in [0.2, 0.25) is 0 Å². The second-order valence-corrected chi connectivity index (χ2v) is 9.88. The molecule has 1 aromatic heterocycles. The largest absolute Gasteiger partial charge is 0.441 e. The monoisotopic (exact) mass is 475 g/mol. The lowest BCUT2D eigenvalue weighted by Gasteiger charge is -2.33. The van der Waals surface area contributed by atoms with Crippen LogP contribution in [-0.4, -0.2) is 48.8 Å². The fourth-order valence-electron chi connectivity index (χ4n) is 3.37. The molecule has 0 amide bonds. The second kappa shape index (κ2) is 8.39. The van der Waals surface area contributed by atoms with Gasteiger partial charge in [-0.3, -0.25) is 4.90 Å². The van der Waals surface area contributed by atoms with Crippen LogP contribution in [0.4, 0.5) is 0 Å². The van der Waals surface area contributed by atoms with Gasteiger partial charge in [-0.1, -0.05) is 34.1 Å². The van der Waals surface area contributed by atoms with Crippen LogP contribution in [-0.2, 0) is 16.6 Å². The first kappa shape index (κ1) is 20.3. The van der Waals surface area contributed by atoms with Gasteiger partial charge < -0.3 is 4.42 Å². The summed E-state index contributed by atoms with van der Waals surface area (Å²) in [5.74, 6) is 1.42. The Labute approximate surface area is 179 Å². The minimum atomic E-state index is -3.46. The molecule has 1 aliphatic rings. The van der Waals surface area contributed by atoms with E-state index in [4.69, 9.17) is 4.42 Å². The van der Waals surface area contributed by atoms with E-state index in [-0.39, 0.29) is 0 Å². The Morgan fingerprint density at radius 1 is 1.00 bits per heavy atom. The quantitative estimate of drug-likeness (QED) is 0.559. The van der Waals surface area contributed by atoms with E-state index >= 15 is 0 Å². The summed E-state index contributed by atoms with van der Waals surface area (Å²) < 4.78 is 33.9. The van der Waals surface area contributed by atoms with Gasteiger partial charge in [0.15, 0.2) is 0 Å². The van der Waals surface area contributed by atoms with Crippen molar-refractivity contribution in [2.45, 2.75) is 18.4 Å². The van der Waals surface area contributed by atoms with E-state index in [0.29, 0.717) is 43.5 Å². The molecule has 4 rings (SSSR count). The van der Waals surface area contributed by atoms with Gasteiger partial charge in [0.1, 0.15) is 5.76 Å². The molecule has 0 bridgehead atoms. The number of rotatable bonds is 5. The fourth-order valence-corrected chi connectivity index (χ4v) is 5.06. The van der Waals surface area contributed by atoms with E-state index in [1.54, 1.807) is 28.6 Å². The summed E-state index contributed by atoms with van der Waals surface area (Å²) in [6.45, 7) is 4.80. The van der Waals surface area contributed by atoms with Crippen molar-refractivity contribution in [3.8, 4) is 11.5 Å². The number of halogens is 1. The molecule has 6 nitrogen and oxygen atoms in total. The third-order valence-corrected chi connectivity index (χ3v) is 7.51. The van der Waals surface area contributed by atoms with E-state index in [9.17, 15) is 8.42 Å². The van der Waals surface area contributed by atoms with Gasteiger partial charge in [0.05, 0.1) is 10.6 Å². The van der Waals surface area contributed by atoms with Crippen molar-refractivity contribution in [2.75, 3.05) is 26.2 Å². The summed E-state index contributed by atoms with van der Waals surface area (Å²) in [6.07, 6.45) is 0. The van der Waals surface area contributed by atoms with Crippen LogP contribution in [0.15, 0.2) is 68.4 Å². The van der Waals surface area contributed by atoms with Crippen molar-refractivity contribution >= 4 is 26.0 Å². The number of sulfonamides is 1. The summed E-state index contributed by atoms with van der Waals surface area (Å²) in [7, 11) is -3.46. The number of hydrogen-bond donors (Lipinski definition) is 0. The first-order valence-electron chi connectivity index (χ1n) is 9.43. The molecule has 1 aliphatic heterocycles. The number of hydrogen-bond acceptors (Lipinski definition) is 5. The molecule has 8 heteroatoms. The number of nitrogens with zero attached hydrogens (tertiary/aromatic N) is 3. The molecule has 1 fully saturated rings. The lowest BCUT2D eigenvalue weighted by atomic mass is 10.2. The van der Waals surface area contributed by atoms with E-state index in [1.165, 1.54) is 0 Å². The highest BCUT2D eigenvalue weighted by Crippen LogP contribution is 2.24. The minimum absolute atomic E-state index is 0.328. The van der Waals surface area contributed by atoms with Gasteiger partial charge in [-0.05, 0) is 43.3 Å². The Bertz CT molecular complexity index is 1070. The van der Waals surface area contributed by atoms with Crippen molar-refractivity contribution in [3.63, 3.8) is 0 Å². The molecule has 0 unspecified atom stereocenters. The Morgan fingerprint density at radius 2 is 1.66 bits per heavy atom. The normalized spacial score (nSPS) is 16.2. The van der Waals surface area contributed by atoms with Crippen molar-refractivity contribution in [1.82, 2.24) is 14.2 Å². The van der Waals surface area contributed by atoms with Crippen LogP contribution in [0, 0.1) is 6.92 Å². The van der Waals surface area contributed by atoms with Crippen molar-refractivity contribution in [3.05, 3.63) is 70.5 Å². The highest BCUT2D eigenvalue weighted by molar-refractivity contribution is 9.10. The number of aryl methyl sites for hydroxylation is 1. The Hall–Kier alpha value is -2.00. The Kier molecular flexibility index (Phi) is 5.87. The molecule has 0 atom stereocenters. The van der Waals surface area contributed by atoms with Crippen LogP contribution < -0.4 is 0 Å². The van der Waals surface area contributed by atoms with Gasteiger partial charge in [0.25, 0.3) is 0 Å². The van der Waals surface area contributed by atoms with Gasteiger partial charge in [-0.15, -0.1) is 0 Å². The Morgan fingerprint density at radius 3 is 2.31 bits per heavy atom. The third kappa shape index (κ3) is 4.45. The molecule has 2 heterocycles. The summed E-state index contributed by atoms with van der Waals surface area (Å²) in [6, 6.07) is 16.6. The molecule has 0 spiro atoms. The SMILES string of the molecule is Cc1oc(-c2ccccc2)nc1CN1CCN(S(=O)(=O)c2ccc(Br)cc2)CC1. The standard InChI is InChI=1S/C21H22BrN3O3S/c1-16-20(23-21(28-16)17-5-3-2-4-6-17)15-24-11-13-25(14-12-24)29(26,27)19-9-7-18(22)8-10-19/h2-10H,11-15H2,1H3. The van der Waals surface area contributed by atoms with Gasteiger partial charge in [0.2, 0.25) is 15.9 Å². The molecule has 0 aliphatic carbocycles. The number of aromatic nitrogens is 1. The van der Waals surface area contributed by atoms with Crippen LogP contribution in [0.1, 0.15) is 11.5 Å². The molecule has 1 saturated heterocycles. The average molecular weight is 476 g/mol. The lowest BCUT2D eigenvalue weighted by molar-refractivity contribution is 0.179. The number of benzene rings is 2. The molecule has 2 aromatic carbocycles. The number of piperazine rings is 1. The van der Waals surface area contributed by atoms with Crippen LogP contribution in [0.5, 0.6) is 0 Å². The van der Waals surface area contributed by atoms with E-state index < -0.39 is 10.0 Å². The minimum Gasteiger partial charge on any atom is -0.441 e. The predicted octanol–water partition coefficient (Wildman–Crippen LogP) is 3.92. The molecular formula is C21H22BrN3O3S. The zero-order chi connectivity index (χ0) is 20.4. The highest BCUT2D eigenvalue weighted by atomic mass is 79.9. The third-order valence-electron chi connectivity index (χ3n) is 5.07. The average Bonchev–Trinajstić information content (AvgIpc) is 3.10. The maximum Gasteiger partial charge on any atom is 0.243 e. The molecule has 3 aromatic rings. The number of oxazole rings is 1. The molecular weight excluding hydrogens is 454 g/mol. The topological polar surface area (TPSA) is 66.7 Å². The van der Waals surface area contributed by atoms with Crippen LogP contribution >= 0.6 is 15.9 Å². The molecule has 152 valence electrons. The van der Waals surface area contributed by atoms with Gasteiger partial charge >= 0.3 is 0 Å². The van der Waals surface area contributed by atoms with Gasteiger partial charge in [0, 0.05) is 42.8 Å².